The van der Waals surface area contributed by atoms with E-state index in [1.54, 1.807) is 12.4 Å². The number of aromatic nitrogens is 3. The van der Waals surface area contributed by atoms with Crippen LogP contribution in [-0.2, 0) is 13.1 Å². The minimum absolute atomic E-state index is 0.0951. The monoisotopic (exact) mass is 262 g/mol. The van der Waals surface area contributed by atoms with E-state index in [-0.39, 0.29) is 11.4 Å². The summed E-state index contributed by atoms with van der Waals surface area (Å²) in [5.74, 6) is 0.791. The van der Waals surface area contributed by atoms with Crippen molar-refractivity contribution in [3.05, 3.63) is 40.5 Å². The number of rotatable bonds is 5. The molecule has 1 heterocycles. The average molecular weight is 262 g/mol. The Bertz CT molecular complexity index is 595. The molecule has 8 nitrogen and oxygen atoms in total. The standard InChI is InChI=1S/C11H14N6O2/c1-2-16-7-14-15-11(16)6-13-8-3-4-10(17(18)19)9(12)5-8/h3-5,7,13H,2,6,12H2,1H3. The molecule has 0 aliphatic rings. The fourth-order valence-corrected chi connectivity index (χ4v) is 1.69. The van der Waals surface area contributed by atoms with E-state index in [1.165, 1.54) is 12.1 Å². The van der Waals surface area contributed by atoms with E-state index in [2.05, 4.69) is 15.5 Å². The van der Waals surface area contributed by atoms with Gasteiger partial charge in [-0.25, -0.2) is 0 Å². The van der Waals surface area contributed by atoms with Crippen LogP contribution in [0.5, 0.6) is 0 Å². The van der Waals surface area contributed by atoms with Crippen molar-refractivity contribution in [2.24, 2.45) is 0 Å². The fraction of sp³-hybridized carbons (Fsp3) is 0.273. The van der Waals surface area contributed by atoms with Crippen molar-refractivity contribution < 1.29 is 4.92 Å². The molecule has 0 saturated heterocycles. The average Bonchev–Trinajstić information content (AvgIpc) is 2.83. The Morgan fingerprint density at radius 3 is 2.95 bits per heavy atom. The Morgan fingerprint density at radius 2 is 2.32 bits per heavy atom. The van der Waals surface area contributed by atoms with Crippen molar-refractivity contribution in [3.8, 4) is 0 Å². The second-order valence-corrected chi connectivity index (χ2v) is 3.92. The van der Waals surface area contributed by atoms with Crippen molar-refractivity contribution in [1.29, 1.82) is 0 Å². The van der Waals surface area contributed by atoms with E-state index in [1.807, 2.05) is 11.5 Å². The third-order valence-corrected chi connectivity index (χ3v) is 2.71. The van der Waals surface area contributed by atoms with Gasteiger partial charge in [-0.05, 0) is 19.1 Å². The molecule has 2 aromatic rings. The number of benzene rings is 1. The first-order valence-corrected chi connectivity index (χ1v) is 5.76. The summed E-state index contributed by atoms with van der Waals surface area (Å²) in [7, 11) is 0. The van der Waals surface area contributed by atoms with Crippen molar-refractivity contribution in [1.82, 2.24) is 14.8 Å². The number of nitro groups is 1. The van der Waals surface area contributed by atoms with Crippen LogP contribution >= 0.6 is 0 Å². The molecule has 0 bridgehead atoms. The quantitative estimate of drug-likeness (QED) is 0.478. The lowest BCUT2D eigenvalue weighted by Gasteiger charge is -2.07. The minimum atomic E-state index is -0.507. The highest BCUT2D eigenvalue weighted by atomic mass is 16.6. The van der Waals surface area contributed by atoms with Gasteiger partial charge < -0.3 is 15.6 Å². The zero-order valence-corrected chi connectivity index (χ0v) is 10.4. The van der Waals surface area contributed by atoms with Gasteiger partial charge in [0.15, 0.2) is 5.82 Å². The number of nitrogens with two attached hydrogens (primary N) is 1. The molecule has 0 aliphatic heterocycles. The molecule has 0 spiro atoms. The zero-order chi connectivity index (χ0) is 13.8. The fourth-order valence-electron chi connectivity index (χ4n) is 1.69. The molecule has 0 amide bonds. The molecule has 0 atom stereocenters. The van der Waals surface area contributed by atoms with Crippen LogP contribution in [0.3, 0.4) is 0 Å². The minimum Gasteiger partial charge on any atom is -0.393 e. The predicted molar refractivity (Wildman–Crippen MR) is 70.5 cm³/mol. The maximum Gasteiger partial charge on any atom is 0.292 e. The van der Waals surface area contributed by atoms with Crippen LogP contribution in [0, 0.1) is 10.1 Å². The number of hydrogen-bond donors (Lipinski definition) is 2. The molecule has 0 unspecified atom stereocenters. The van der Waals surface area contributed by atoms with Gasteiger partial charge in [-0.15, -0.1) is 10.2 Å². The van der Waals surface area contributed by atoms with Gasteiger partial charge in [0.2, 0.25) is 0 Å². The van der Waals surface area contributed by atoms with Crippen LogP contribution in [0.15, 0.2) is 24.5 Å². The van der Waals surface area contributed by atoms with Gasteiger partial charge in [-0.2, -0.15) is 0 Å². The maximum atomic E-state index is 10.6. The molecule has 0 saturated carbocycles. The topological polar surface area (TPSA) is 112 Å². The van der Waals surface area contributed by atoms with E-state index in [4.69, 9.17) is 5.73 Å². The highest BCUT2D eigenvalue weighted by molar-refractivity contribution is 5.65. The Balaban J connectivity index is 2.08. The summed E-state index contributed by atoms with van der Waals surface area (Å²) in [5, 5.41) is 21.5. The SMILES string of the molecule is CCn1cnnc1CNc1ccc([N+](=O)[O-])c(N)c1. The van der Waals surface area contributed by atoms with Crippen LogP contribution in [0.4, 0.5) is 17.1 Å². The summed E-state index contributed by atoms with van der Waals surface area (Å²) in [6.45, 7) is 3.26. The van der Waals surface area contributed by atoms with E-state index in [9.17, 15) is 10.1 Å². The van der Waals surface area contributed by atoms with E-state index < -0.39 is 4.92 Å². The predicted octanol–water partition coefficient (Wildman–Crippen LogP) is 1.40. The second kappa shape index (κ2) is 5.34. The van der Waals surface area contributed by atoms with Crippen molar-refractivity contribution in [2.75, 3.05) is 11.1 Å². The van der Waals surface area contributed by atoms with Crippen LogP contribution in [0.2, 0.25) is 0 Å². The second-order valence-electron chi connectivity index (χ2n) is 3.92. The largest absolute Gasteiger partial charge is 0.393 e. The number of nitrogen functional groups attached to an aromatic ring is 1. The van der Waals surface area contributed by atoms with Gasteiger partial charge in [-0.1, -0.05) is 0 Å². The van der Waals surface area contributed by atoms with Crippen LogP contribution in [0.25, 0.3) is 0 Å². The Labute approximate surface area is 109 Å². The number of nitrogens with zero attached hydrogens (tertiary/aromatic N) is 4. The third-order valence-electron chi connectivity index (χ3n) is 2.71. The smallest absolute Gasteiger partial charge is 0.292 e. The summed E-state index contributed by atoms with van der Waals surface area (Å²) < 4.78 is 1.90. The normalized spacial score (nSPS) is 10.4. The van der Waals surface area contributed by atoms with Gasteiger partial charge in [0.1, 0.15) is 12.0 Å². The first-order chi connectivity index (χ1) is 9.11. The molecule has 8 heteroatoms. The van der Waals surface area contributed by atoms with Gasteiger partial charge in [0.05, 0.1) is 11.5 Å². The zero-order valence-electron chi connectivity index (χ0n) is 10.4. The Kier molecular flexibility index (Phi) is 3.60. The van der Waals surface area contributed by atoms with Gasteiger partial charge >= 0.3 is 0 Å². The number of anilines is 2. The molecule has 0 fully saturated rings. The number of hydrogen-bond acceptors (Lipinski definition) is 6. The molecule has 19 heavy (non-hydrogen) atoms. The van der Waals surface area contributed by atoms with Crippen molar-refractivity contribution >= 4 is 17.1 Å². The lowest BCUT2D eigenvalue weighted by molar-refractivity contribution is -0.383. The van der Waals surface area contributed by atoms with Gasteiger partial charge in [0, 0.05) is 18.3 Å². The molecule has 100 valence electrons. The first-order valence-electron chi connectivity index (χ1n) is 5.76. The summed E-state index contributed by atoms with van der Waals surface area (Å²) in [5.41, 5.74) is 6.35. The number of aryl methyl sites for hydroxylation is 1. The molecule has 1 aromatic carbocycles. The van der Waals surface area contributed by atoms with Crippen LogP contribution in [0.1, 0.15) is 12.7 Å². The third kappa shape index (κ3) is 2.79. The van der Waals surface area contributed by atoms with E-state index in [0.717, 1.165) is 12.4 Å². The van der Waals surface area contributed by atoms with Gasteiger partial charge in [-0.3, -0.25) is 10.1 Å². The first kappa shape index (κ1) is 12.8. The Hall–Kier alpha value is -2.64. The van der Waals surface area contributed by atoms with Crippen molar-refractivity contribution in [2.45, 2.75) is 20.0 Å². The lowest BCUT2D eigenvalue weighted by Crippen LogP contribution is -2.08. The molecule has 1 aromatic heterocycles. The lowest BCUT2D eigenvalue weighted by atomic mass is 10.2. The summed E-state index contributed by atoms with van der Waals surface area (Å²) in [6.07, 6.45) is 1.65. The Morgan fingerprint density at radius 1 is 1.53 bits per heavy atom. The van der Waals surface area contributed by atoms with E-state index >= 15 is 0 Å². The van der Waals surface area contributed by atoms with Gasteiger partial charge in [0.25, 0.3) is 5.69 Å². The highest BCUT2D eigenvalue weighted by Crippen LogP contribution is 2.24. The molecular formula is C11H14N6O2. The van der Waals surface area contributed by atoms with Crippen molar-refractivity contribution in [3.63, 3.8) is 0 Å². The molecule has 2 rings (SSSR count). The number of nitro benzene ring substituents is 1. The summed E-state index contributed by atoms with van der Waals surface area (Å²) >= 11 is 0. The van der Waals surface area contributed by atoms with Crippen LogP contribution < -0.4 is 11.1 Å². The molecular weight excluding hydrogens is 248 g/mol. The molecule has 0 aliphatic carbocycles. The summed E-state index contributed by atoms with van der Waals surface area (Å²) in [6, 6.07) is 4.52. The summed E-state index contributed by atoms with van der Waals surface area (Å²) in [4.78, 5) is 10.1. The molecule has 3 N–H and O–H groups in total. The van der Waals surface area contributed by atoms with E-state index in [0.29, 0.717) is 12.2 Å². The maximum absolute atomic E-state index is 10.6. The number of nitrogens with one attached hydrogen (secondary N) is 1. The molecule has 0 radical (unpaired) electrons. The highest BCUT2D eigenvalue weighted by Gasteiger charge is 2.11. The van der Waals surface area contributed by atoms with Crippen LogP contribution in [-0.4, -0.2) is 19.7 Å².